The molecule has 1 aromatic carbocycles. The molecule has 0 fully saturated rings. The Kier molecular flexibility index (Phi) is 6.02. The molecule has 3 nitrogen and oxygen atoms in total. The van der Waals surface area contributed by atoms with Gasteiger partial charge in [0, 0.05) is 24.2 Å². The van der Waals surface area contributed by atoms with Crippen molar-refractivity contribution >= 4 is 11.8 Å². The molecule has 2 rings (SSSR count). The van der Waals surface area contributed by atoms with Crippen LogP contribution < -0.4 is 5.32 Å². The normalized spacial score (nSPS) is 12.3. The van der Waals surface area contributed by atoms with Gasteiger partial charge in [0.25, 0.3) is 0 Å². The van der Waals surface area contributed by atoms with Gasteiger partial charge in [0.1, 0.15) is 5.03 Å². The summed E-state index contributed by atoms with van der Waals surface area (Å²) in [6.07, 6.45) is 7.58. The van der Waals surface area contributed by atoms with Crippen molar-refractivity contribution < 1.29 is 0 Å². The summed E-state index contributed by atoms with van der Waals surface area (Å²) in [7, 11) is 2.00. The van der Waals surface area contributed by atoms with Crippen molar-refractivity contribution in [3.05, 3.63) is 54.0 Å². The van der Waals surface area contributed by atoms with Crippen molar-refractivity contribution in [1.82, 2.24) is 15.3 Å². The fourth-order valence-electron chi connectivity index (χ4n) is 2.08. The lowest BCUT2D eigenvalue weighted by Crippen LogP contribution is -2.18. The molecule has 1 N–H and O–H groups in total. The fourth-order valence-corrected chi connectivity index (χ4v) is 3.05. The van der Waals surface area contributed by atoms with E-state index in [0.717, 1.165) is 17.2 Å². The number of hydrogen-bond donors (Lipinski definition) is 1. The van der Waals surface area contributed by atoms with E-state index in [1.54, 1.807) is 24.2 Å². The predicted molar refractivity (Wildman–Crippen MR) is 85.0 cm³/mol. The molecule has 1 heterocycles. The molecule has 20 heavy (non-hydrogen) atoms. The smallest absolute Gasteiger partial charge is 0.114 e. The zero-order chi connectivity index (χ0) is 14.2. The summed E-state index contributed by atoms with van der Waals surface area (Å²) in [5.41, 5.74) is 2.73. The van der Waals surface area contributed by atoms with E-state index in [0.29, 0.717) is 6.04 Å². The molecular formula is C16H21N3S. The van der Waals surface area contributed by atoms with Crippen molar-refractivity contribution in [3.8, 4) is 0 Å². The average Bonchev–Trinajstić information content (AvgIpc) is 2.51. The summed E-state index contributed by atoms with van der Waals surface area (Å²) in [6, 6.07) is 9.25. The minimum atomic E-state index is 0.331. The first-order valence-electron chi connectivity index (χ1n) is 6.98. The van der Waals surface area contributed by atoms with Crippen molar-refractivity contribution in [1.29, 1.82) is 0 Å². The molecule has 0 saturated carbocycles. The van der Waals surface area contributed by atoms with Crippen LogP contribution in [0.2, 0.25) is 0 Å². The molecule has 0 aliphatic heterocycles. The summed E-state index contributed by atoms with van der Waals surface area (Å²) in [5.74, 6) is 0.947. The van der Waals surface area contributed by atoms with E-state index in [1.165, 1.54) is 17.5 Å². The molecular weight excluding hydrogens is 266 g/mol. The van der Waals surface area contributed by atoms with E-state index in [-0.39, 0.29) is 0 Å². The van der Waals surface area contributed by atoms with Crippen LogP contribution in [0.3, 0.4) is 0 Å². The number of thioether (sulfide) groups is 1. The van der Waals surface area contributed by atoms with Crippen LogP contribution in [0.5, 0.6) is 0 Å². The fraction of sp³-hybridized carbons (Fsp3) is 0.375. The third-order valence-electron chi connectivity index (χ3n) is 3.21. The summed E-state index contributed by atoms with van der Waals surface area (Å²) >= 11 is 1.73. The zero-order valence-corrected chi connectivity index (χ0v) is 12.9. The lowest BCUT2D eigenvalue weighted by molar-refractivity contribution is 0.661. The van der Waals surface area contributed by atoms with Crippen LogP contribution in [-0.2, 0) is 6.42 Å². The lowest BCUT2D eigenvalue weighted by Gasteiger charge is -2.16. The molecule has 0 bridgehead atoms. The Morgan fingerprint density at radius 2 is 2.00 bits per heavy atom. The summed E-state index contributed by atoms with van der Waals surface area (Å²) in [5, 5.41) is 4.34. The van der Waals surface area contributed by atoms with E-state index in [9.17, 15) is 0 Å². The Morgan fingerprint density at radius 1 is 1.20 bits per heavy atom. The van der Waals surface area contributed by atoms with Gasteiger partial charge in [0.15, 0.2) is 0 Å². The quantitative estimate of drug-likeness (QED) is 0.791. The second-order valence-corrected chi connectivity index (χ2v) is 5.73. The van der Waals surface area contributed by atoms with Gasteiger partial charge in [-0.1, -0.05) is 37.6 Å². The summed E-state index contributed by atoms with van der Waals surface area (Å²) in [4.78, 5) is 8.38. The van der Waals surface area contributed by atoms with Gasteiger partial charge in [-0.05, 0) is 24.6 Å². The van der Waals surface area contributed by atoms with Crippen molar-refractivity contribution in [2.45, 2.75) is 30.8 Å². The molecule has 0 saturated heterocycles. The Bertz CT molecular complexity index is 499. The Labute approximate surface area is 125 Å². The molecule has 4 heteroatoms. The number of aryl methyl sites for hydroxylation is 1. The van der Waals surface area contributed by atoms with E-state index >= 15 is 0 Å². The molecule has 1 aromatic heterocycles. The maximum atomic E-state index is 4.29. The summed E-state index contributed by atoms with van der Waals surface area (Å²) in [6.45, 7) is 2.21. The van der Waals surface area contributed by atoms with Gasteiger partial charge < -0.3 is 5.32 Å². The standard InChI is InChI=1S/C16H21N3S/c1-3-4-13-5-7-14(8-6-13)15(17-2)12-20-16-11-18-9-10-19-16/h5-11,15,17H,3-4,12H2,1-2H3. The van der Waals surface area contributed by atoms with E-state index in [2.05, 4.69) is 46.5 Å². The lowest BCUT2D eigenvalue weighted by atomic mass is 10.0. The van der Waals surface area contributed by atoms with Crippen LogP contribution in [0, 0.1) is 0 Å². The first kappa shape index (κ1) is 15.0. The minimum Gasteiger partial charge on any atom is -0.312 e. The van der Waals surface area contributed by atoms with Gasteiger partial charge in [-0.15, -0.1) is 11.8 Å². The van der Waals surface area contributed by atoms with E-state index in [1.807, 2.05) is 13.2 Å². The molecule has 106 valence electrons. The van der Waals surface area contributed by atoms with Gasteiger partial charge in [0.2, 0.25) is 0 Å². The number of aromatic nitrogens is 2. The second kappa shape index (κ2) is 8.02. The highest BCUT2D eigenvalue weighted by atomic mass is 32.2. The maximum Gasteiger partial charge on any atom is 0.114 e. The topological polar surface area (TPSA) is 37.8 Å². The maximum absolute atomic E-state index is 4.29. The molecule has 0 spiro atoms. The largest absolute Gasteiger partial charge is 0.312 e. The van der Waals surface area contributed by atoms with E-state index in [4.69, 9.17) is 0 Å². The van der Waals surface area contributed by atoms with Gasteiger partial charge in [0.05, 0.1) is 6.20 Å². The molecule has 1 unspecified atom stereocenters. The molecule has 0 amide bonds. The monoisotopic (exact) mass is 287 g/mol. The number of rotatable bonds is 7. The van der Waals surface area contributed by atoms with Crippen LogP contribution in [0.1, 0.15) is 30.5 Å². The van der Waals surface area contributed by atoms with Crippen molar-refractivity contribution in [2.75, 3.05) is 12.8 Å². The highest BCUT2D eigenvalue weighted by Gasteiger charge is 2.10. The minimum absolute atomic E-state index is 0.331. The third-order valence-corrected chi connectivity index (χ3v) is 4.21. The second-order valence-electron chi connectivity index (χ2n) is 4.69. The van der Waals surface area contributed by atoms with Crippen LogP contribution in [-0.4, -0.2) is 22.8 Å². The van der Waals surface area contributed by atoms with Crippen molar-refractivity contribution in [2.24, 2.45) is 0 Å². The predicted octanol–water partition coefficient (Wildman–Crippen LogP) is 3.48. The molecule has 0 radical (unpaired) electrons. The van der Waals surface area contributed by atoms with Crippen LogP contribution in [0.15, 0.2) is 47.9 Å². The van der Waals surface area contributed by atoms with E-state index < -0.39 is 0 Å². The summed E-state index contributed by atoms with van der Waals surface area (Å²) < 4.78 is 0. The zero-order valence-electron chi connectivity index (χ0n) is 12.0. The Hall–Kier alpha value is -1.39. The first-order valence-corrected chi connectivity index (χ1v) is 7.97. The number of nitrogens with zero attached hydrogens (tertiary/aromatic N) is 2. The molecule has 0 aliphatic carbocycles. The SMILES string of the molecule is CCCc1ccc(C(CSc2cnccn2)NC)cc1. The highest BCUT2D eigenvalue weighted by Crippen LogP contribution is 2.23. The van der Waals surface area contributed by atoms with Gasteiger partial charge in [-0.2, -0.15) is 0 Å². The first-order chi connectivity index (χ1) is 9.83. The Balaban J connectivity index is 1.97. The van der Waals surface area contributed by atoms with Crippen molar-refractivity contribution in [3.63, 3.8) is 0 Å². The molecule has 2 aromatic rings. The van der Waals surface area contributed by atoms with Crippen LogP contribution in [0.25, 0.3) is 0 Å². The third kappa shape index (κ3) is 4.32. The van der Waals surface area contributed by atoms with Crippen LogP contribution >= 0.6 is 11.8 Å². The Morgan fingerprint density at radius 3 is 2.60 bits per heavy atom. The van der Waals surface area contributed by atoms with Gasteiger partial charge >= 0.3 is 0 Å². The number of nitrogens with one attached hydrogen (secondary N) is 1. The average molecular weight is 287 g/mol. The van der Waals surface area contributed by atoms with Crippen LogP contribution in [0.4, 0.5) is 0 Å². The van der Waals surface area contributed by atoms with Gasteiger partial charge in [-0.25, -0.2) is 4.98 Å². The molecule has 0 aliphatic rings. The number of benzene rings is 1. The highest BCUT2D eigenvalue weighted by molar-refractivity contribution is 7.99. The molecule has 1 atom stereocenters. The number of hydrogen-bond acceptors (Lipinski definition) is 4. The van der Waals surface area contributed by atoms with Gasteiger partial charge in [-0.3, -0.25) is 4.98 Å².